The number of carbonyl (C=O) groups is 4. The van der Waals surface area contributed by atoms with Crippen LogP contribution in [0.3, 0.4) is 0 Å². The molecule has 12 nitrogen and oxygen atoms in total. The molecule has 0 saturated carbocycles. The van der Waals surface area contributed by atoms with Gasteiger partial charge in [-0.25, -0.2) is 9.59 Å². The first kappa shape index (κ1) is 40.7. The third kappa shape index (κ3) is 11.5. The zero-order valence-electron chi connectivity index (χ0n) is 31.2. The summed E-state index contributed by atoms with van der Waals surface area (Å²) in [6.07, 6.45) is -2.26. The molecule has 0 saturated heterocycles. The average Bonchev–Trinajstić information content (AvgIpc) is 3.52. The molecule has 0 aromatic heterocycles. The molecule has 0 bridgehead atoms. The zero-order chi connectivity index (χ0) is 39.2. The number of hydrogen-bond donors (Lipinski definition) is 3. The highest BCUT2D eigenvalue weighted by Crippen LogP contribution is 2.44. The van der Waals surface area contributed by atoms with E-state index in [1.54, 1.807) is 43.4 Å². The van der Waals surface area contributed by atoms with Crippen molar-refractivity contribution in [2.24, 2.45) is 0 Å². The molecule has 290 valence electrons. The highest BCUT2D eigenvalue weighted by Gasteiger charge is 2.32. The summed E-state index contributed by atoms with van der Waals surface area (Å²) in [5, 5.41) is 8.47. The number of alkyl carbamates (subject to hydrolysis) is 2. The van der Waals surface area contributed by atoms with Gasteiger partial charge in [0.05, 0.1) is 13.1 Å². The Kier molecular flexibility index (Phi) is 15.0. The van der Waals surface area contributed by atoms with Gasteiger partial charge in [0.2, 0.25) is 11.8 Å². The molecule has 0 fully saturated rings. The summed E-state index contributed by atoms with van der Waals surface area (Å²) in [4.78, 5) is 55.5. The van der Waals surface area contributed by atoms with Gasteiger partial charge >= 0.3 is 12.2 Å². The van der Waals surface area contributed by atoms with E-state index in [9.17, 15) is 19.2 Å². The second-order valence-electron chi connectivity index (χ2n) is 12.9. The van der Waals surface area contributed by atoms with Crippen molar-refractivity contribution in [1.82, 2.24) is 20.9 Å². The summed E-state index contributed by atoms with van der Waals surface area (Å²) in [5.41, 5.74) is 5.73. The van der Waals surface area contributed by atoms with E-state index in [0.717, 1.165) is 33.4 Å². The van der Waals surface area contributed by atoms with Gasteiger partial charge in [-0.1, -0.05) is 103 Å². The lowest BCUT2D eigenvalue weighted by molar-refractivity contribution is -0.158. The van der Waals surface area contributed by atoms with E-state index < -0.39 is 42.4 Å². The van der Waals surface area contributed by atoms with Gasteiger partial charge in [-0.05, 0) is 59.4 Å². The van der Waals surface area contributed by atoms with Crippen LogP contribution in [0.2, 0.25) is 5.02 Å². The fourth-order valence-corrected chi connectivity index (χ4v) is 6.51. The van der Waals surface area contributed by atoms with Crippen molar-refractivity contribution in [3.05, 3.63) is 130 Å². The number of nitrogens with one attached hydrogen (secondary N) is 3. The first-order chi connectivity index (χ1) is 26.7. The fourth-order valence-electron chi connectivity index (χ4n) is 6.38. The van der Waals surface area contributed by atoms with Crippen molar-refractivity contribution < 1.29 is 38.1 Å². The lowest BCUT2D eigenvalue weighted by atomic mass is 9.98. The molecular formula is C42H47ClN4O8. The maximum atomic E-state index is 14.0. The van der Waals surface area contributed by atoms with Crippen LogP contribution in [-0.4, -0.2) is 87.2 Å². The predicted molar refractivity (Wildman–Crippen MR) is 208 cm³/mol. The van der Waals surface area contributed by atoms with Crippen LogP contribution in [0.25, 0.3) is 11.1 Å². The Bertz CT molecular complexity index is 1840. The van der Waals surface area contributed by atoms with Crippen molar-refractivity contribution in [2.45, 2.75) is 51.2 Å². The summed E-state index contributed by atoms with van der Waals surface area (Å²) in [6.45, 7) is 4.14. The molecule has 0 heterocycles. The molecule has 0 spiro atoms. The second kappa shape index (κ2) is 20.3. The van der Waals surface area contributed by atoms with Gasteiger partial charge in [-0.2, -0.15) is 0 Å². The molecule has 5 rings (SSSR count). The number of rotatable bonds is 18. The first-order valence-electron chi connectivity index (χ1n) is 18.3. The molecule has 2 unspecified atom stereocenters. The molecule has 3 N–H and O–H groups in total. The third-order valence-corrected chi connectivity index (χ3v) is 9.34. The number of fused-ring (bicyclic) bond motifs is 3. The Hall–Kier alpha value is -5.43. The second-order valence-corrected chi connectivity index (χ2v) is 13.4. The van der Waals surface area contributed by atoms with Crippen molar-refractivity contribution >= 4 is 35.6 Å². The third-order valence-electron chi connectivity index (χ3n) is 9.09. The standard InChI is InChI=1S/C42H47ClN4O8/c1-4-52-38(53-5-2)25-47(3)40(49)36(23-28-19-21-30(43)22-20-28)45-39(48)37(46-42(51)54-26-29-13-7-6-8-14-29)24-44-41(50)55-27-35-33-17-11-9-15-31(33)32-16-10-12-18-34(32)35/h6-22,35-38H,4-5,23-27H2,1-3H3,(H,44,50)(H,45,48)(H,46,51). The topological polar surface area (TPSA) is 145 Å². The summed E-state index contributed by atoms with van der Waals surface area (Å²) in [6, 6.07) is 29.5. The number of halogens is 1. The van der Waals surface area contributed by atoms with E-state index in [1.807, 2.05) is 80.6 Å². The Morgan fingerprint density at radius 1 is 0.709 bits per heavy atom. The lowest BCUT2D eigenvalue weighted by Gasteiger charge is -2.29. The summed E-state index contributed by atoms with van der Waals surface area (Å²) in [7, 11) is 1.59. The number of hydrogen-bond acceptors (Lipinski definition) is 8. The summed E-state index contributed by atoms with van der Waals surface area (Å²) >= 11 is 6.11. The van der Waals surface area contributed by atoms with Crippen LogP contribution in [0, 0.1) is 0 Å². The summed E-state index contributed by atoms with van der Waals surface area (Å²) < 4.78 is 22.4. The van der Waals surface area contributed by atoms with Gasteiger partial charge in [0.25, 0.3) is 0 Å². The maximum absolute atomic E-state index is 14.0. The van der Waals surface area contributed by atoms with Crippen molar-refractivity contribution in [2.75, 3.05) is 40.0 Å². The number of nitrogens with zero attached hydrogens (tertiary/aromatic N) is 1. The van der Waals surface area contributed by atoms with E-state index in [4.69, 9.17) is 30.5 Å². The molecular weight excluding hydrogens is 724 g/mol. The van der Waals surface area contributed by atoms with Crippen molar-refractivity contribution in [1.29, 1.82) is 0 Å². The Labute approximate surface area is 326 Å². The van der Waals surface area contributed by atoms with Crippen LogP contribution < -0.4 is 16.0 Å². The first-order valence-corrected chi connectivity index (χ1v) is 18.6. The minimum absolute atomic E-state index is 0.0515. The van der Waals surface area contributed by atoms with Gasteiger partial charge in [0.15, 0.2) is 6.29 Å². The number of ether oxygens (including phenoxy) is 4. The van der Waals surface area contributed by atoms with Crippen LogP contribution in [0.15, 0.2) is 103 Å². The predicted octanol–water partition coefficient (Wildman–Crippen LogP) is 6.06. The Balaban J connectivity index is 1.29. The zero-order valence-corrected chi connectivity index (χ0v) is 31.9. The van der Waals surface area contributed by atoms with Gasteiger partial charge in [-0.3, -0.25) is 9.59 Å². The monoisotopic (exact) mass is 770 g/mol. The normalized spacial score (nSPS) is 12.9. The Morgan fingerprint density at radius 2 is 1.31 bits per heavy atom. The quantitative estimate of drug-likeness (QED) is 0.104. The van der Waals surface area contributed by atoms with Gasteiger partial charge in [0.1, 0.15) is 25.3 Å². The average molecular weight is 771 g/mol. The lowest BCUT2D eigenvalue weighted by Crippen LogP contribution is -2.58. The molecule has 4 aromatic carbocycles. The highest BCUT2D eigenvalue weighted by molar-refractivity contribution is 6.30. The molecule has 1 aliphatic carbocycles. The van der Waals surface area contributed by atoms with E-state index >= 15 is 0 Å². The van der Waals surface area contributed by atoms with Crippen molar-refractivity contribution in [3.8, 4) is 11.1 Å². The van der Waals surface area contributed by atoms with Crippen LogP contribution in [0.5, 0.6) is 0 Å². The van der Waals surface area contributed by atoms with E-state index in [2.05, 4.69) is 16.0 Å². The number of benzene rings is 4. The largest absolute Gasteiger partial charge is 0.449 e. The molecule has 0 aliphatic heterocycles. The summed E-state index contributed by atoms with van der Waals surface area (Å²) in [5.74, 6) is -1.34. The minimum Gasteiger partial charge on any atom is -0.449 e. The molecule has 13 heteroatoms. The van der Waals surface area contributed by atoms with Crippen LogP contribution >= 0.6 is 11.6 Å². The number of amides is 4. The Morgan fingerprint density at radius 3 is 1.93 bits per heavy atom. The SMILES string of the molecule is CCOC(CN(C)C(=O)C(Cc1ccc(Cl)cc1)NC(=O)C(CNC(=O)OCC1c2ccccc2-c2ccccc21)NC(=O)OCc1ccccc1)OCC. The van der Waals surface area contributed by atoms with Crippen LogP contribution in [0.1, 0.15) is 42.0 Å². The molecule has 4 aromatic rings. The molecule has 1 aliphatic rings. The minimum atomic E-state index is -1.35. The maximum Gasteiger partial charge on any atom is 0.408 e. The molecule has 4 amide bonds. The van der Waals surface area contributed by atoms with Gasteiger partial charge < -0.3 is 39.8 Å². The van der Waals surface area contributed by atoms with Crippen LogP contribution in [-0.2, 0) is 41.6 Å². The van der Waals surface area contributed by atoms with E-state index in [0.29, 0.717) is 18.2 Å². The fraction of sp³-hybridized carbons (Fsp3) is 0.333. The van der Waals surface area contributed by atoms with Crippen molar-refractivity contribution in [3.63, 3.8) is 0 Å². The molecule has 0 radical (unpaired) electrons. The van der Waals surface area contributed by atoms with E-state index in [1.165, 1.54) is 4.90 Å². The molecule has 2 atom stereocenters. The number of carbonyl (C=O) groups excluding carboxylic acids is 4. The molecule has 55 heavy (non-hydrogen) atoms. The van der Waals surface area contributed by atoms with Gasteiger partial charge in [-0.15, -0.1) is 0 Å². The smallest absolute Gasteiger partial charge is 0.408 e. The van der Waals surface area contributed by atoms with Crippen LogP contribution in [0.4, 0.5) is 9.59 Å². The number of likely N-dealkylation sites (N-methyl/N-ethyl adjacent to an activating group) is 1. The highest BCUT2D eigenvalue weighted by atomic mass is 35.5. The van der Waals surface area contributed by atoms with E-state index in [-0.39, 0.29) is 38.6 Å². The van der Waals surface area contributed by atoms with Gasteiger partial charge in [0, 0.05) is 37.6 Å².